The van der Waals surface area contributed by atoms with Gasteiger partial charge in [0.25, 0.3) is 0 Å². The predicted octanol–water partition coefficient (Wildman–Crippen LogP) is 13.9. The van der Waals surface area contributed by atoms with Crippen LogP contribution in [0.4, 0.5) is 0 Å². The summed E-state index contributed by atoms with van der Waals surface area (Å²) >= 11 is 0. The Morgan fingerprint density at radius 1 is 0.298 bits per heavy atom. The fourth-order valence-electron chi connectivity index (χ4n) is 7.46. The smallest absolute Gasteiger partial charge is 0.0701 e. The van der Waals surface area contributed by atoms with Crippen LogP contribution in [0.15, 0.2) is 24.3 Å². The zero-order valence-electron chi connectivity index (χ0n) is 39.1. The van der Waals surface area contributed by atoms with Crippen LogP contribution >= 0.6 is 0 Å². The molecule has 0 heterocycles. The summed E-state index contributed by atoms with van der Waals surface area (Å²) in [4.78, 5) is 5.15. The molecule has 0 aromatic carbocycles. The van der Waals surface area contributed by atoms with Gasteiger partial charge in [-0.05, 0) is 110 Å². The highest BCUT2D eigenvalue weighted by molar-refractivity contribution is 4.82. The lowest BCUT2D eigenvalue weighted by Crippen LogP contribution is -2.31. The third kappa shape index (κ3) is 47.8. The van der Waals surface area contributed by atoms with Gasteiger partial charge < -0.3 is 29.7 Å². The van der Waals surface area contributed by atoms with E-state index >= 15 is 0 Å². The monoisotopic (exact) mass is 806 g/mol. The summed E-state index contributed by atoms with van der Waals surface area (Å²) in [5.41, 5.74) is 5.83. The van der Waals surface area contributed by atoms with Gasteiger partial charge in [-0.2, -0.15) is 0 Å². The second-order valence-electron chi connectivity index (χ2n) is 16.9. The zero-order valence-corrected chi connectivity index (χ0v) is 39.1. The van der Waals surface area contributed by atoms with Crippen molar-refractivity contribution in [2.24, 2.45) is 5.73 Å². The Morgan fingerprint density at radius 3 is 0.930 bits per heavy atom. The Morgan fingerprint density at radius 2 is 0.579 bits per heavy atom. The first kappa shape index (κ1) is 56.2. The quantitative estimate of drug-likeness (QED) is 0.0488. The van der Waals surface area contributed by atoms with E-state index in [0.29, 0.717) is 26.4 Å². The summed E-state index contributed by atoms with van der Waals surface area (Å²) in [6.45, 7) is 18.5. The number of hydrogen-bond acceptors (Lipinski definition) is 6. The van der Waals surface area contributed by atoms with Crippen LogP contribution in [0.25, 0.3) is 0 Å². The van der Waals surface area contributed by atoms with E-state index in [-0.39, 0.29) is 0 Å². The minimum atomic E-state index is 0.639. The molecule has 0 saturated heterocycles. The fraction of sp³-hybridized carbons (Fsp3) is 0.922. The van der Waals surface area contributed by atoms with Crippen LogP contribution < -0.4 is 5.73 Å². The first-order chi connectivity index (χ1) is 28.3. The van der Waals surface area contributed by atoms with Crippen molar-refractivity contribution < 1.29 is 14.2 Å². The van der Waals surface area contributed by atoms with Crippen molar-refractivity contribution in [1.82, 2.24) is 9.80 Å². The Balaban J connectivity index is 3.72. The highest BCUT2D eigenvalue weighted by atomic mass is 16.5. The van der Waals surface area contributed by atoms with Gasteiger partial charge in [0, 0.05) is 13.1 Å². The molecular formula is C51H103N3O3. The second kappa shape index (κ2) is 51.4. The maximum atomic E-state index is 5.95. The van der Waals surface area contributed by atoms with Crippen molar-refractivity contribution in [2.75, 3.05) is 85.5 Å². The predicted molar refractivity (Wildman–Crippen MR) is 253 cm³/mol. The number of allylic oxidation sites excluding steroid dienone is 4. The van der Waals surface area contributed by atoms with E-state index < -0.39 is 0 Å². The molecule has 0 aromatic heterocycles. The SMILES string of the molecule is CCCCCCCC/C=C\CCCCCCCCN(CCCN)CCOCCOCCOCCN(CCCC)CCCCCCCC/C=C/CCCCCCCC. The molecular weight excluding hydrogens is 703 g/mol. The average molecular weight is 806 g/mol. The number of nitrogens with two attached hydrogens (primary N) is 1. The molecule has 0 aliphatic rings. The Bertz CT molecular complexity index is 717. The molecule has 2 N–H and O–H groups in total. The number of hydrogen-bond donors (Lipinski definition) is 1. The molecule has 0 radical (unpaired) electrons. The van der Waals surface area contributed by atoms with Gasteiger partial charge >= 0.3 is 0 Å². The van der Waals surface area contributed by atoms with E-state index in [0.717, 1.165) is 52.4 Å². The maximum Gasteiger partial charge on any atom is 0.0701 e. The molecule has 0 aliphatic heterocycles. The Kier molecular flexibility index (Phi) is 50.7. The lowest BCUT2D eigenvalue weighted by molar-refractivity contribution is 0.00693. The van der Waals surface area contributed by atoms with E-state index in [4.69, 9.17) is 19.9 Å². The Hall–Kier alpha value is -0.760. The normalized spacial score (nSPS) is 12.2. The molecule has 57 heavy (non-hydrogen) atoms. The van der Waals surface area contributed by atoms with Crippen LogP contribution in [0, 0.1) is 0 Å². The molecule has 0 spiro atoms. The lowest BCUT2D eigenvalue weighted by atomic mass is 10.1. The van der Waals surface area contributed by atoms with E-state index in [1.807, 2.05) is 0 Å². The summed E-state index contributed by atoms with van der Waals surface area (Å²) in [6.07, 6.45) is 51.4. The first-order valence-electron chi connectivity index (χ1n) is 25.5. The van der Waals surface area contributed by atoms with Gasteiger partial charge in [0.15, 0.2) is 0 Å². The molecule has 6 nitrogen and oxygen atoms in total. The zero-order chi connectivity index (χ0) is 41.2. The second-order valence-corrected chi connectivity index (χ2v) is 16.9. The molecule has 0 unspecified atom stereocenters. The average Bonchev–Trinajstić information content (AvgIpc) is 3.22. The van der Waals surface area contributed by atoms with Crippen LogP contribution in [-0.4, -0.2) is 95.3 Å². The summed E-state index contributed by atoms with van der Waals surface area (Å²) in [7, 11) is 0. The van der Waals surface area contributed by atoms with Crippen molar-refractivity contribution >= 4 is 0 Å². The molecule has 0 atom stereocenters. The third-order valence-electron chi connectivity index (χ3n) is 11.3. The van der Waals surface area contributed by atoms with Gasteiger partial charge in [0.05, 0.1) is 39.6 Å². The van der Waals surface area contributed by atoms with Gasteiger partial charge in [0.2, 0.25) is 0 Å². The van der Waals surface area contributed by atoms with Gasteiger partial charge in [-0.25, -0.2) is 0 Å². The van der Waals surface area contributed by atoms with Crippen molar-refractivity contribution in [3.63, 3.8) is 0 Å². The van der Waals surface area contributed by atoms with Gasteiger partial charge in [0.1, 0.15) is 0 Å². The van der Waals surface area contributed by atoms with Gasteiger partial charge in [-0.15, -0.1) is 0 Å². The topological polar surface area (TPSA) is 60.2 Å². The van der Waals surface area contributed by atoms with Crippen LogP contribution in [0.1, 0.15) is 220 Å². The summed E-state index contributed by atoms with van der Waals surface area (Å²) < 4.78 is 17.7. The molecule has 0 fully saturated rings. The maximum absolute atomic E-state index is 5.95. The van der Waals surface area contributed by atoms with E-state index in [1.165, 1.54) is 206 Å². The third-order valence-corrected chi connectivity index (χ3v) is 11.3. The lowest BCUT2D eigenvalue weighted by Gasteiger charge is -2.22. The van der Waals surface area contributed by atoms with E-state index in [1.54, 1.807) is 0 Å². The minimum absolute atomic E-state index is 0.639. The van der Waals surface area contributed by atoms with Crippen molar-refractivity contribution in [3.05, 3.63) is 24.3 Å². The number of ether oxygens (including phenoxy) is 3. The number of rotatable bonds is 50. The van der Waals surface area contributed by atoms with Crippen molar-refractivity contribution in [2.45, 2.75) is 220 Å². The number of unbranched alkanes of at least 4 members (excludes halogenated alkanes) is 25. The van der Waals surface area contributed by atoms with Crippen LogP contribution in [0.5, 0.6) is 0 Å². The van der Waals surface area contributed by atoms with Crippen LogP contribution in [-0.2, 0) is 14.2 Å². The van der Waals surface area contributed by atoms with Crippen molar-refractivity contribution in [1.29, 1.82) is 0 Å². The highest BCUT2D eigenvalue weighted by Crippen LogP contribution is 2.12. The molecule has 6 heteroatoms. The summed E-state index contributed by atoms with van der Waals surface area (Å²) in [6, 6.07) is 0. The number of nitrogens with zero attached hydrogens (tertiary/aromatic N) is 2. The van der Waals surface area contributed by atoms with Gasteiger partial charge in [-0.3, -0.25) is 0 Å². The summed E-state index contributed by atoms with van der Waals surface area (Å²) in [5.74, 6) is 0. The molecule has 0 aromatic rings. The highest BCUT2D eigenvalue weighted by Gasteiger charge is 2.06. The fourth-order valence-corrected chi connectivity index (χ4v) is 7.46. The standard InChI is InChI=1S/C51H103N3O3/c1-4-7-10-12-14-16-18-20-22-24-26-28-30-32-34-36-41-53(40-9-6-3)44-46-55-48-50-57-51-49-56-47-45-54(43-38-39-52)42-37-35-33-31-29-27-25-23-21-19-17-15-13-11-8-5-2/h20-23H,4-19,24-52H2,1-3H3/b22-20+,23-21-. The van der Waals surface area contributed by atoms with E-state index in [2.05, 4.69) is 54.9 Å². The van der Waals surface area contributed by atoms with Crippen LogP contribution in [0.3, 0.4) is 0 Å². The van der Waals surface area contributed by atoms with Gasteiger partial charge in [-0.1, -0.05) is 167 Å². The molecule has 0 aliphatic carbocycles. The molecule has 0 rings (SSSR count). The molecule has 0 saturated carbocycles. The Labute approximate surface area is 358 Å². The molecule has 340 valence electrons. The largest absolute Gasteiger partial charge is 0.378 e. The molecule has 0 bridgehead atoms. The van der Waals surface area contributed by atoms with Crippen LogP contribution in [0.2, 0.25) is 0 Å². The molecule has 0 amide bonds. The van der Waals surface area contributed by atoms with Crippen molar-refractivity contribution in [3.8, 4) is 0 Å². The first-order valence-corrected chi connectivity index (χ1v) is 25.5. The van der Waals surface area contributed by atoms with E-state index in [9.17, 15) is 0 Å². The minimum Gasteiger partial charge on any atom is -0.378 e. The summed E-state index contributed by atoms with van der Waals surface area (Å²) in [5, 5.41) is 0.